The summed E-state index contributed by atoms with van der Waals surface area (Å²) in [6.07, 6.45) is 4.71. The number of likely N-dealkylation sites (tertiary alicyclic amines) is 1. The molecule has 5 saturated heterocycles. The molecule has 43 heavy (non-hydrogen) atoms. The molecule has 5 heterocycles. The molecule has 5 aliphatic heterocycles. The Morgan fingerprint density at radius 2 is 1.65 bits per heavy atom. The van der Waals surface area contributed by atoms with E-state index in [1.54, 1.807) is 11.1 Å². The fourth-order valence-electron chi connectivity index (χ4n) is 7.68. The minimum atomic E-state index is -1.13. The van der Waals surface area contributed by atoms with Crippen LogP contribution in [-0.4, -0.2) is 98.3 Å². The van der Waals surface area contributed by atoms with Crippen LogP contribution >= 0.6 is 0 Å². The number of hydrogen-bond acceptors (Lipinski definition) is 8. The van der Waals surface area contributed by atoms with E-state index >= 15 is 0 Å². The van der Waals surface area contributed by atoms with E-state index < -0.39 is 58.9 Å². The zero-order valence-electron chi connectivity index (χ0n) is 24.0. The van der Waals surface area contributed by atoms with Gasteiger partial charge in [-0.05, 0) is 38.5 Å². The molecular weight excluding hydrogens is 560 g/mol. The van der Waals surface area contributed by atoms with Crippen molar-refractivity contribution in [3.05, 3.63) is 11.1 Å². The highest BCUT2D eigenvalue weighted by molar-refractivity contribution is 6.00. The Hall–Kier alpha value is -3.92. The number of unbranched alkanes of at least 4 members (excludes halogenated alkanes) is 1. The van der Waals surface area contributed by atoms with Gasteiger partial charge in [-0.2, -0.15) is 0 Å². The number of ether oxygens (including phenoxy) is 1. The average Bonchev–Trinajstić information content (AvgIpc) is 3.72. The second-order valence-corrected chi connectivity index (χ2v) is 12.6. The zero-order valence-corrected chi connectivity index (χ0v) is 24.0. The SMILES string of the molecule is CCCC[C@@H](C(=O)N[C@@H](CCC(N)=O)C(=O)N[C@@H](CCCN=C(N)N)C(N)=O)N1[C@@]23O[C@]12C31N2C(=O)N1C2CC1C2=C1C2. The van der Waals surface area contributed by atoms with E-state index in [1.807, 2.05) is 21.6 Å². The quantitative estimate of drug-likeness (QED) is 0.0322. The van der Waals surface area contributed by atoms with Crippen LogP contribution in [0.3, 0.4) is 0 Å². The summed E-state index contributed by atoms with van der Waals surface area (Å²) >= 11 is 0. The fourth-order valence-corrected chi connectivity index (χ4v) is 7.68. The molecule has 10 N–H and O–H groups in total. The summed E-state index contributed by atoms with van der Waals surface area (Å²) in [5, 5.41) is 5.38. The Morgan fingerprint density at radius 1 is 0.977 bits per heavy atom. The Balaban J connectivity index is 0.989. The van der Waals surface area contributed by atoms with Crippen molar-refractivity contribution in [3.8, 4) is 0 Å². The van der Waals surface area contributed by atoms with Crippen LogP contribution in [0.2, 0.25) is 0 Å². The maximum Gasteiger partial charge on any atom is 0.327 e. The molecule has 0 unspecified atom stereocenters. The number of allylic oxidation sites excluding steroid dienone is 2. The van der Waals surface area contributed by atoms with Gasteiger partial charge in [0.2, 0.25) is 40.7 Å². The van der Waals surface area contributed by atoms with Gasteiger partial charge in [-0.25, -0.2) is 9.69 Å². The molecule has 16 heteroatoms. The lowest BCUT2D eigenvalue weighted by molar-refractivity contribution is -0.379. The smallest absolute Gasteiger partial charge is 0.327 e. The molecule has 6 fully saturated rings. The second-order valence-electron chi connectivity index (χ2n) is 12.6. The maximum absolute atomic E-state index is 13.7. The highest BCUT2D eigenvalue weighted by Gasteiger charge is 3.33. The number of urea groups is 1. The number of aliphatic imine (C=N–C) groups is 1. The number of amides is 6. The molecule has 8 aliphatic rings. The van der Waals surface area contributed by atoms with Gasteiger partial charge in [0.1, 0.15) is 18.2 Å². The van der Waals surface area contributed by atoms with Gasteiger partial charge in [0.05, 0.1) is 6.04 Å². The third-order valence-electron chi connectivity index (χ3n) is 10.2. The second kappa shape index (κ2) is 9.05. The van der Waals surface area contributed by atoms with Crippen LogP contribution in [0.5, 0.6) is 0 Å². The van der Waals surface area contributed by atoms with Gasteiger partial charge in [-0.15, -0.1) is 0 Å². The Labute approximate surface area is 247 Å². The highest BCUT2D eigenvalue weighted by Crippen LogP contribution is 3.03. The lowest BCUT2D eigenvalue weighted by Crippen LogP contribution is -2.99. The molecule has 232 valence electrons. The normalized spacial score (nSPS) is 34.4. The van der Waals surface area contributed by atoms with Gasteiger partial charge in [-0.3, -0.25) is 34.0 Å². The van der Waals surface area contributed by atoms with E-state index in [9.17, 15) is 24.0 Å². The lowest BCUT2D eigenvalue weighted by Gasteiger charge is -2.76. The number of primary amides is 2. The Kier molecular flexibility index (Phi) is 5.87. The number of epoxide rings is 1. The molecule has 0 aromatic heterocycles. The number of nitrogens with one attached hydrogen (secondary N) is 2. The van der Waals surface area contributed by atoms with Crippen molar-refractivity contribution in [1.29, 1.82) is 0 Å². The van der Waals surface area contributed by atoms with E-state index in [0.717, 1.165) is 25.7 Å². The van der Waals surface area contributed by atoms with Crippen LogP contribution in [-0.2, 0) is 23.9 Å². The molecule has 0 radical (unpaired) electrons. The summed E-state index contributed by atoms with van der Waals surface area (Å²) in [7, 11) is 0. The van der Waals surface area contributed by atoms with Crippen molar-refractivity contribution in [1.82, 2.24) is 25.3 Å². The van der Waals surface area contributed by atoms with Crippen LogP contribution in [0.4, 0.5) is 4.79 Å². The van der Waals surface area contributed by atoms with Crippen molar-refractivity contribution >= 4 is 35.6 Å². The highest BCUT2D eigenvalue weighted by atomic mass is 16.8. The summed E-state index contributed by atoms with van der Waals surface area (Å²) in [5.74, 6) is -1.94. The van der Waals surface area contributed by atoms with E-state index in [1.165, 1.54) is 0 Å². The van der Waals surface area contributed by atoms with E-state index in [2.05, 4.69) is 15.6 Å². The molecule has 0 aromatic carbocycles. The summed E-state index contributed by atoms with van der Waals surface area (Å²) in [6, 6.07) is -2.73. The minimum Gasteiger partial charge on any atom is -0.370 e. The summed E-state index contributed by atoms with van der Waals surface area (Å²) in [4.78, 5) is 72.8. The molecule has 2 bridgehead atoms. The first-order valence-electron chi connectivity index (χ1n) is 15.1. The predicted octanol–water partition coefficient (Wildman–Crippen LogP) is -2.43. The number of carbonyl (C=O) groups excluding carboxylic acids is 5. The molecule has 0 aromatic rings. The van der Waals surface area contributed by atoms with Gasteiger partial charge >= 0.3 is 6.03 Å². The van der Waals surface area contributed by atoms with Gasteiger partial charge in [0.25, 0.3) is 0 Å². The molecule has 1 saturated carbocycles. The van der Waals surface area contributed by atoms with Crippen molar-refractivity contribution in [2.45, 2.75) is 106 Å². The Morgan fingerprint density at radius 3 is 2.16 bits per heavy atom. The number of guanidine groups is 1. The first-order chi connectivity index (χ1) is 20.5. The molecular formula is C27H38N10O6. The van der Waals surface area contributed by atoms with Crippen LogP contribution in [0.1, 0.15) is 64.7 Å². The van der Waals surface area contributed by atoms with Crippen LogP contribution in [0.25, 0.3) is 0 Å². The first-order valence-corrected chi connectivity index (χ1v) is 15.1. The third kappa shape index (κ3) is 3.50. The maximum atomic E-state index is 13.7. The largest absolute Gasteiger partial charge is 0.370 e. The van der Waals surface area contributed by atoms with Crippen molar-refractivity contribution in [3.63, 3.8) is 0 Å². The topological polar surface area (TPSA) is 248 Å². The molecule has 3 aliphatic carbocycles. The average molecular weight is 599 g/mol. The predicted molar refractivity (Wildman–Crippen MR) is 148 cm³/mol. The summed E-state index contributed by atoms with van der Waals surface area (Å²) in [5.41, 5.74) is 22.8. The van der Waals surface area contributed by atoms with Gasteiger partial charge in [0, 0.05) is 18.9 Å². The molecule has 5 atom stereocenters. The van der Waals surface area contributed by atoms with Crippen LogP contribution < -0.4 is 33.6 Å². The molecule has 8 rings (SSSR count). The zero-order chi connectivity index (χ0) is 30.6. The van der Waals surface area contributed by atoms with Gasteiger partial charge in [0.15, 0.2) is 5.96 Å². The van der Waals surface area contributed by atoms with E-state index in [-0.39, 0.29) is 44.0 Å². The lowest BCUT2D eigenvalue weighted by atomic mass is 9.87. The van der Waals surface area contributed by atoms with E-state index in [4.69, 9.17) is 27.7 Å². The van der Waals surface area contributed by atoms with Crippen molar-refractivity contribution < 1.29 is 28.7 Å². The van der Waals surface area contributed by atoms with Crippen LogP contribution in [0, 0.1) is 5.92 Å². The summed E-state index contributed by atoms with van der Waals surface area (Å²) < 4.78 is 5.95. The number of hydrogen-bond donors (Lipinski definition) is 6. The molecule has 16 nitrogen and oxygen atoms in total. The minimum absolute atomic E-state index is 0.0172. The standard InChI is InChI=1S/C27H38N10O6/c1-2-3-6-17(37-26-25(27(26,37)43-26)35-19(36(25)24(35)42)11-14-12-10-13(12)14)22(41)34-16(7-8-18(28)38)21(40)33-15(20(29)39)5-4-9-32-23(30)31/h14-17,19H,2-11H2,1H3,(H2,28,38)(H2,29,39)(H,33,40)(H,34,41)(H4,30,31,32)/t15-,16-,17-,19?,25?,26-,27-,37?/m0/s1. The summed E-state index contributed by atoms with van der Waals surface area (Å²) in [6.45, 7) is 2.26. The molecule has 6 amide bonds. The Bertz CT molecular complexity index is 1370. The number of carbonyl (C=O) groups is 5. The third-order valence-corrected chi connectivity index (χ3v) is 10.2. The van der Waals surface area contributed by atoms with Gasteiger partial charge in [-0.1, -0.05) is 30.9 Å². The number of nitrogens with zero attached hydrogens (tertiary/aromatic N) is 4. The van der Waals surface area contributed by atoms with Crippen molar-refractivity contribution in [2.24, 2.45) is 33.8 Å². The van der Waals surface area contributed by atoms with E-state index in [0.29, 0.717) is 18.8 Å². The monoisotopic (exact) mass is 598 g/mol. The number of nitrogens with two attached hydrogens (primary N) is 4. The van der Waals surface area contributed by atoms with Crippen molar-refractivity contribution in [2.75, 3.05) is 6.54 Å². The number of rotatable bonds is 18. The van der Waals surface area contributed by atoms with Gasteiger partial charge < -0.3 is 38.3 Å². The molecule has 1 spiro atoms. The fraction of sp³-hybridized carbons (Fsp3) is 0.704. The van der Waals surface area contributed by atoms with Crippen LogP contribution in [0.15, 0.2) is 16.1 Å². The first kappa shape index (κ1) is 27.9.